The van der Waals surface area contributed by atoms with Crippen molar-refractivity contribution < 1.29 is 0 Å². The summed E-state index contributed by atoms with van der Waals surface area (Å²) in [6.45, 7) is 3.20. The number of anilines is 1. The Hall–Kier alpha value is -1.77. The van der Waals surface area contributed by atoms with E-state index in [2.05, 4.69) is 47.3 Å². The SMILES string of the molecule is Cc1nn2c(c1-c1ccccc1)NCCC2C1CC1. The minimum atomic E-state index is 0.618. The summed E-state index contributed by atoms with van der Waals surface area (Å²) in [7, 11) is 0. The first-order valence-electron chi connectivity index (χ1n) is 7.23. The third kappa shape index (κ3) is 1.76. The highest BCUT2D eigenvalue weighted by atomic mass is 15.4. The van der Waals surface area contributed by atoms with E-state index in [1.54, 1.807) is 0 Å². The number of hydrogen-bond donors (Lipinski definition) is 1. The summed E-state index contributed by atoms with van der Waals surface area (Å²) in [4.78, 5) is 0. The van der Waals surface area contributed by atoms with Crippen molar-refractivity contribution in [3.63, 3.8) is 0 Å². The molecule has 1 aliphatic carbocycles. The van der Waals surface area contributed by atoms with Gasteiger partial charge in [-0.25, -0.2) is 4.68 Å². The van der Waals surface area contributed by atoms with Crippen LogP contribution in [0.15, 0.2) is 30.3 Å². The Labute approximate surface area is 113 Å². The van der Waals surface area contributed by atoms with Gasteiger partial charge in [-0.3, -0.25) is 0 Å². The van der Waals surface area contributed by atoms with Gasteiger partial charge in [-0.15, -0.1) is 0 Å². The largest absolute Gasteiger partial charge is 0.370 e. The molecule has 1 N–H and O–H groups in total. The van der Waals surface area contributed by atoms with Gasteiger partial charge >= 0.3 is 0 Å². The van der Waals surface area contributed by atoms with Crippen LogP contribution in [-0.2, 0) is 0 Å². The number of nitrogens with one attached hydrogen (secondary N) is 1. The monoisotopic (exact) mass is 253 g/mol. The maximum Gasteiger partial charge on any atom is 0.132 e. The molecule has 1 aromatic heterocycles. The van der Waals surface area contributed by atoms with Gasteiger partial charge in [-0.05, 0) is 37.7 Å². The van der Waals surface area contributed by atoms with Gasteiger partial charge in [-0.1, -0.05) is 30.3 Å². The quantitative estimate of drug-likeness (QED) is 0.885. The van der Waals surface area contributed by atoms with Crippen molar-refractivity contribution in [1.29, 1.82) is 0 Å². The third-order valence-electron chi connectivity index (χ3n) is 4.36. The predicted molar refractivity (Wildman–Crippen MR) is 77.3 cm³/mol. The number of rotatable bonds is 2. The minimum absolute atomic E-state index is 0.618. The second-order valence-corrected chi connectivity index (χ2v) is 5.74. The predicted octanol–water partition coefficient (Wildman–Crippen LogP) is 3.63. The lowest BCUT2D eigenvalue weighted by Crippen LogP contribution is -2.25. The van der Waals surface area contributed by atoms with Gasteiger partial charge in [-0.2, -0.15) is 5.10 Å². The number of fused-ring (bicyclic) bond motifs is 1. The highest BCUT2D eigenvalue weighted by Crippen LogP contribution is 2.46. The van der Waals surface area contributed by atoms with Gasteiger partial charge in [0.15, 0.2) is 0 Å². The van der Waals surface area contributed by atoms with Crippen LogP contribution in [0.2, 0.25) is 0 Å². The van der Waals surface area contributed by atoms with Crippen LogP contribution in [0.3, 0.4) is 0 Å². The molecule has 1 aromatic carbocycles. The van der Waals surface area contributed by atoms with E-state index in [1.165, 1.54) is 36.2 Å². The molecule has 0 amide bonds. The fraction of sp³-hybridized carbons (Fsp3) is 0.438. The van der Waals surface area contributed by atoms with Crippen LogP contribution >= 0.6 is 0 Å². The van der Waals surface area contributed by atoms with Crippen LogP contribution in [0.5, 0.6) is 0 Å². The molecule has 3 nitrogen and oxygen atoms in total. The van der Waals surface area contributed by atoms with Gasteiger partial charge in [0.1, 0.15) is 5.82 Å². The molecule has 1 aliphatic heterocycles. The lowest BCUT2D eigenvalue weighted by Gasteiger charge is -2.26. The van der Waals surface area contributed by atoms with Crippen LogP contribution in [0.4, 0.5) is 5.82 Å². The third-order valence-corrected chi connectivity index (χ3v) is 4.36. The number of benzene rings is 1. The van der Waals surface area contributed by atoms with Crippen molar-refractivity contribution in [2.24, 2.45) is 5.92 Å². The van der Waals surface area contributed by atoms with E-state index in [9.17, 15) is 0 Å². The van der Waals surface area contributed by atoms with Gasteiger partial charge in [0.2, 0.25) is 0 Å². The smallest absolute Gasteiger partial charge is 0.132 e. The Morgan fingerprint density at radius 2 is 1.95 bits per heavy atom. The standard InChI is InChI=1S/C16H19N3/c1-11-15(13-5-3-2-4-6-13)16-17-10-9-14(12-7-8-12)19(16)18-11/h2-6,12,14,17H,7-10H2,1H3. The zero-order chi connectivity index (χ0) is 12.8. The summed E-state index contributed by atoms with van der Waals surface area (Å²) >= 11 is 0. The first kappa shape index (κ1) is 11.1. The van der Waals surface area contributed by atoms with Gasteiger partial charge in [0.25, 0.3) is 0 Å². The topological polar surface area (TPSA) is 29.9 Å². The molecule has 1 fully saturated rings. The fourth-order valence-corrected chi connectivity index (χ4v) is 3.28. The summed E-state index contributed by atoms with van der Waals surface area (Å²) in [6, 6.07) is 11.2. The Kier molecular flexibility index (Phi) is 2.40. The zero-order valence-corrected chi connectivity index (χ0v) is 11.3. The second-order valence-electron chi connectivity index (χ2n) is 5.74. The molecule has 2 aromatic rings. The zero-order valence-electron chi connectivity index (χ0n) is 11.3. The maximum absolute atomic E-state index is 4.82. The van der Waals surface area contributed by atoms with Gasteiger partial charge in [0.05, 0.1) is 11.7 Å². The van der Waals surface area contributed by atoms with Gasteiger partial charge in [0, 0.05) is 12.1 Å². The highest BCUT2D eigenvalue weighted by Gasteiger charge is 2.36. The van der Waals surface area contributed by atoms with E-state index >= 15 is 0 Å². The molecule has 4 rings (SSSR count). The van der Waals surface area contributed by atoms with E-state index < -0.39 is 0 Å². The fourth-order valence-electron chi connectivity index (χ4n) is 3.28. The number of nitrogens with zero attached hydrogens (tertiary/aromatic N) is 2. The highest BCUT2D eigenvalue weighted by molar-refractivity contribution is 5.78. The summed E-state index contributed by atoms with van der Waals surface area (Å²) in [6.07, 6.45) is 3.97. The van der Waals surface area contributed by atoms with Crippen molar-refractivity contribution >= 4 is 5.82 Å². The van der Waals surface area contributed by atoms with Crippen LogP contribution in [0, 0.1) is 12.8 Å². The Morgan fingerprint density at radius 3 is 2.68 bits per heavy atom. The minimum Gasteiger partial charge on any atom is -0.370 e. The molecule has 0 spiro atoms. The second kappa shape index (κ2) is 4.12. The molecule has 1 unspecified atom stereocenters. The molecule has 0 radical (unpaired) electrons. The molecular formula is C16H19N3. The first-order valence-corrected chi connectivity index (χ1v) is 7.23. The average molecular weight is 253 g/mol. The number of aryl methyl sites for hydroxylation is 1. The van der Waals surface area contributed by atoms with Crippen LogP contribution in [0.25, 0.3) is 11.1 Å². The Bertz CT molecular complexity index is 596. The maximum atomic E-state index is 4.82. The molecule has 98 valence electrons. The van der Waals surface area contributed by atoms with E-state index in [4.69, 9.17) is 5.10 Å². The van der Waals surface area contributed by atoms with E-state index in [0.717, 1.165) is 18.2 Å². The molecule has 2 aliphatic rings. The van der Waals surface area contributed by atoms with E-state index in [0.29, 0.717) is 6.04 Å². The van der Waals surface area contributed by atoms with Crippen LogP contribution < -0.4 is 5.32 Å². The molecule has 0 saturated heterocycles. The molecule has 0 bridgehead atoms. The average Bonchev–Trinajstić information content (AvgIpc) is 3.21. The molecule has 2 heterocycles. The van der Waals surface area contributed by atoms with Crippen LogP contribution in [-0.4, -0.2) is 16.3 Å². The lowest BCUT2D eigenvalue weighted by atomic mass is 10.0. The van der Waals surface area contributed by atoms with Gasteiger partial charge < -0.3 is 5.32 Å². The van der Waals surface area contributed by atoms with E-state index in [-0.39, 0.29) is 0 Å². The lowest BCUT2D eigenvalue weighted by molar-refractivity contribution is 0.374. The number of hydrogen-bond acceptors (Lipinski definition) is 2. The van der Waals surface area contributed by atoms with E-state index in [1.807, 2.05) is 0 Å². The first-order chi connectivity index (χ1) is 9.34. The molecular weight excluding hydrogens is 234 g/mol. The number of aromatic nitrogens is 2. The normalized spacial score (nSPS) is 21.8. The summed E-state index contributed by atoms with van der Waals surface area (Å²) < 4.78 is 2.26. The van der Waals surface area contributed by atoms with Crippen molar-refractivity contribution in [2.45, 2.75) is 32.2 Å². The Balaban J connectivity index is 1.84. The van der Waals surface area contributed by atoms with Crippen molar-refractivity contribution in [3.8, 4) is 11.1 Å². The molecule has 1 atom stereocenters. The summed E-state index contributed by atoms with van der Waals surface area (Å²) in [5.41, 5.74) is 3.69. The van der Waals surface area contributed by atoms with Crippen molar-refractivity contribution in [3.05, 3.63) is 36.0 Å². The van der Waals surface area contributed by atoms with Crippen molar-refractivity contribution in [2.75, 3.05) is 11.9 Å². The van der Waals surface area contributed by atoms with Crippen LogP contribution in [0.1, 0.15) is 31.0 Å². The van der Waals surface area contributed by atoms with Crippen molar-refractivity contribution in [1.82, 2.24) is 9.78 Å². The Morgan fingerprint density at radius 1 is 1.16 bits per heavy atom. The summed E-state index contributed by atoms with van der Waals surface area (Å²) in [5, 5.41) is 8.39. The molecule has 3 heteroatoms. The molecule has 1 saturated carbocycles. The molecule has 19 heavy (non-hydrogen) atoms. The summed E-state index contributed by atoms with van der Waals surface area (Å²) in [5.74, 6) is 2.09.